The maximum Gasteiger partial charge on any atom is 0.315 e. The fourth-order valence-corrected chi connectivity index (χ4v) is 1.80. The van der Waals surface area contributed by atoms with Gasteiger partial charge in [0.1, 0.15) is 0 Å². The van der Waals surface area contributed by atoms with Gasteiger partial charge < -0.3 is 15.7 Å². The Morgan fingerprint density at radius 3 is 2.80 bits per heavy atom. The second-order valence-electron chi connectivity index (χ2n) is 4.47. The molecule has 4 heteroatoms. The number of urea groups is 1. The maximum atomic E-state index is 11.4. The molecule has 0 spiro atoms. The van der Waals surface area contributed by atoms with Crippen LogP contribution in [0.25, 0.3) is 0 Å². The molecule has 2 amide bonds. The molecular weight excluding hydrogens is 192 g/mol. The molecule has 0 heterocycles. The van der Waals surface area contributed by atoms with E-state index in [-0.39, 0.29) is 24.6 Å². The Kier molecular flexibility index (Phi) is 3.26. The van der Waals surface area contributed by atoms with Crippen molar-refractivity contribution in [1.29, 1.82) is 0 Å². The first-order valence-corrected chi connectivity index (χ1v) is 5.61. The summed E-state index contributed by atoms with van der Waals surface area (Å²) in [5.74, 6) is 0.916. The maximum absolute atomic E-state index is 11.4. The van der Waals surface area contributed by atoms with Crippen molar-refractivity contribution in [2.45, 2.75) is 25.3 Å². The number of hydrogen-bond donors (Lipinski definition) is 3. The highest BCUT2D eigenvalue weighted by Crippen LogP contribution is 2.27. The van der Waals surface area contributed by atoms with Gasteiger partial charge in [-0.2, -0.15) is 0 Å². The summed E-state index contributed by atoms with van der Waals surface area (Å²) >= 11 is 0. The predicted octanol–water partition coefficient (Wildman–Crippen LogP) is 0.633. The van der Waals surface area contributed by atoms with Gasteiger partial charge in [0.2, 0.25) is 0 Å². The fourth-order valence-electron chi connectivity index (χ4n) is 1.80. The molecule has 0 bridgehead atoms. The Labute approximate surface area is 89.7 Å². The molecule has 15 heavy (non-hydrogen) atoms. The zero-order valence-corrected chi connectivity index (χ0v) is 8.78. The summed E-state index contributed by atoms with van der Waals surface area (Å²) in [4.78, 5) is 11.4. The van der Waals surface area contributed by atoms with E-state index in [2.05, 4.69) is 10.6 Å². The average Bonchev–Trinajstić information content (AvgIpc) is 2.96. The van der Waals surface area contributed by atoms with Crippen molar-refractivity contribution in [3.8, 4) is 0 Å². The molecule has 0 saturated heterocycles. The monoisotopic (exact) mass is 210 g/mol. The zero-order chi connectivity index (χ0) is 10.7. The van der Waals surface area contributed by atoms with Crippen LogP contribution in [0.5, 0.6) is 0 Å². The molecule has 1 fully saturated rings. The number of hydrogen-bond acceptors (Lipinski definition) is 2. The molecule has 0 aromatic heterocycles. The fraction of sp³-hybridized carbons (Fsp3) is 0.727. The summed E-state index contributed by atoms with van der Waals surface area (Å²) in [6.07, 6.45) is 7.23. The lowest BCUT2D eigenvalue weighted by molar-refractivity contribution is 0.231. The van der Waals surface area contributed by atoms with Crippen LogP contribution in [0.1, 0.15) is 19.3 Å². The van der Waals surface area contributed by atoms with Gasteiger partial charge in [-0.1, -0.05) is 12.2 Å². The quantitative estimate of drug-likeness (QED) is 0.596. The molecule has 0 aliphatic heterocycles. The van der Waals surface area contributed by atoms with Crippen LogP contribution in [0.2, 0.25) is 0 Å². The molecule has 2 atom stereocenters. The van der Waals surface area contributed by atoms with Gasteiger partial charge in [-0.05, 0) is 25.2 Å². The van der Waals surface area contributed by atoms with Crippen LogP contribution >= 0.6 is 0 Å². The molecule has 2 aliphatic carbocycles. The molecule has 0 radical (unpaired) electrons. The minimum atomic E-state index is -0.0878. The van der Waals surface area contributed by atoms with Gasteiger partial charge >= 0.3 is 6.03 Å². The van der Waals surface area contributed by atoms with Crippen LogP contribution < -0.4 is 10.6 Å². The Morgan fingerprint density at radius 1 is 1.40 bits per heavy atom. The number of aliphatic hydroxyl groups excluding tert-OH is 1. The standard InChI is InChI=1S/C11H18N2O2/c14-7-9-3-4-10(5-9)13-11(15)12-6-8-1-2-8/h3-4,8-10,14H,1-2,5-7H2,(H2,12,13,15)/t9-,10+/m0/s1. The van der Waals surface area contributed by atoms with Crippen molar-refractivity contribution in [1.82, 2.24) is 10.6 Å². The van der Waals surface area contributed by atoms with Crippen molar-refractivity contribution < 1.29 is 9.90 Å². The van der Waals surface area contributed by atoms with Crippen LogP contribution in [-0.2, 0) is 0 Å². The van der Waals surface area contributed by atoms with E-state index in [0.29, 0.717) is 5.92 Å². The van der Waals surface area contributed by atoms with Crippen molar-refractivity contribution >= 4 is 6.03 Å². The third-order valence-electron chi connectivity index (χ3n) is 2.97. The topological polar surface area (TPSA) is 61.4 Å². The molecule has 0 aromatic rings. The SMILES string of the molecule is O=C(NCC1CC1)N[C@@H]1C=C[C@H](CO)C1. The minimum absolute atomic E-state index is 0.0846. The van der Waals surface area contributed by atoms with Crippen molar-refractivity contribution in [3.63, 3.8) is 0 Å². The van der Waals surface area contributed by atoms with Gasteiger partial charge in [0, 0.05) is 25.1 Å². The third kappa shape index (κ3) is 3.23. The highest BCUT2D eigenvalue weighted by molar-refractivity contribution is 5.74. The van der Waals surface area contributed by atoms with Gasteiger partial charge in [0.15, 0.2) is 0 Å². The van der Waals surface area contributed by atoms with Crippen molar-refractivity contribution in [3.05, 3.63) is 12.2 Å². The number of amides is 2. The number of nitrogens with one attached hydrogen (secondary N) is 2. The number of aliphatic hydroxyl groups is 1. The van der Waals surface area contributed by atoms with Gasteiger partial charge in [-0.3, -0.25) is 0 Å². The van der Waals surface area contributed by atoms with Crippen LogP contribution in [0.4, 0.5) is 4.79 Å². The Morgan fingerprint density at radius 2 is 2.20 bits per heavy atom. The summed E-state index contributed by atoms with van der Waals surface area (Å²) in [5.41, 5.74) is 0. The second kappa shape index (κ2) is 4.66. The first-order chi connectivity index (χ1) is 7.28. The minimum Gasteiger partial charge on any atom is -0.396 e. The van der Waals surface area contributed by atoms with Crippen molar-refractivity contribution in [2.75, 3.05) is 13.2 Å². The molecule has 2 rings (SSSR count). The van der Waals surface area contributed by atoms with Crippen LogP contribution in [0.15, 0.2) is 12.2 Å². The highest BCUT2D eigenvalue weighted by atomic mass is 16.3. The van der Waals surface area contributed by atoms with Gasteiger partial charge in [-0.25, -0.2) is 4.79 Å². The first kappa shape index (κ1) is 10.5. The van der Waals surface area contributed by atoms with Crippen LogP contribution in [-0.4, -0.2) is 30.3 Å². The molecule has 84 valence electrons. The van der Waals surface area contributed by atoms with E-state index in [1.54, 1.807) is 0 Å². The number of carbonyl (C=O) groups is 1. The Bertz CT molecular complexity index is 261. The van der Waals surface area contributed by atoms with E-state index in [1.807, 2.05) is 12.2 Å². The molecule has 3 N–H and O–H groups in total. The lowest BCUT2D eigenvalue weighted by Gasteiger charge is -2.13. The summed E-state index contributed by atoms with van der Waals surface area (Å²) in [6.45, 7) is 0.962. The summed E-state index contributed by atoms with van der Waals surface area (Å²) in [7, 11) is 0. The summed E-state index contributed by atoms with van der Waals surface area (Å²) in [5, 5.41) is 14.7. The molecule has 4 nitrogen and oxygen atoms in total. The van der Waals surface area contributed by atoms with Gasteiger partial charge in [0.25, 0.3) is 0 Å². The summed E-state index contributed by atoms with van der Waals surface area (Å²) < 4.78 is 0. The molecule has 0 unspecified atom stereocenters. The predicted molar refractivity (Wildman–Crippen MR) is 57.4 cm³/mol. The van der Waals surface area contributed by atoms with E-state index in [4.69, 9.17) is 5.11 Å². The number of carbonyl (C=O) groups excluding carboxylic acids is 1. The smallest absolute Gasteiger partial charge is 0.315 e. The number of rotatable bonds is 4. The van der Waals surface area contributed by atoms with E-state index < -0.39 is 0 Å². The summed E-state index contributed by atoms with van der Waals surface area (Å²) in [6, 6.07) is -0.00325. The lowest BCUT2D eigenvalue weighted by atomic mass is 10.1. The average molecular weight is 210 g/mol. The normalized spacial score (nSPS) is 29.1. The van der Waals surface area contributed by atoms with Gasteiger partial charge in [0.05, 0.1) is 0 Å². The highest BCUT2D eigenvalue weighted by Gasteiger charge is 2.23. The third-order valence-corrected chi connectivity index (χ3v) is 2.97. The van der Waals surface area contributed by atoms with Crippen LogP contribution in [0, 0.1) is 11.8 Å². The Hall–Kier alpha value is -1.03. The second-order valence-corrected chi connectivity index (χ2v) is 4.47. The molecule has 2 aliphatic rings. The van der Waals surface area contributed by atoms with Gasteiger partial charge in [-0.15, -0.1) is 0 Å². The van der Waals surface area contributed by atoms with E-state index in [1.165, 1.54) is 12.8 Å². The largest absolute Gasteiger partial charge is 0.396 e. The lowest BCUT2D eigenvalue weighted by Crippen LogP contribution is -2.41. The molecule has 0 aromatic carbocycles. The van der Waals surface area contributed by atoms with E-state index >= 15 is 0 Å². The van der Waals surface area contributed by atoms with Crippen LogP contribution in [0.3, 0.4) is 0 Å². The molecular formula is C11H18N2O2. The van der Waals surface area contributed by atoms with E-state index in [0.717, 1.165) is 13.0 Å². The zero-order valence-electron chi connectivity index (χ0n) is 8.78. The molecule has 1 saturated carbocycles. The first-order valence-electron chi connectivity index (χ1n) is 5.61. The van der Waals surface area contributed by atoms with E-state index in [9.17, 15) is 4.79 Å². The van der Waals surface area contributed by atoms with Crippen molar-refractivity contribution in [2.24, 2.45) is 11.8 Å². The Balaban J connectivity index is 1.63.